The molecular weight excluding hydrogens is 269 g/mol. The van der Waals surface area contributed by atoms with Crippen molar-refractivity contribution in [2.75, 3.05) is 0 Å². The molecule has 1 fully saturated rings. The second-order valence-corrected chi connectivity index (χ2v) is 5.28. The summed E-state index contributed by atoms with van der Waals surface area (Å²) in [5, 5.41) is 12.7. The maximum atomic E-state index is 13.4. The van der Waals surface area contributed by atoms with Crippen molar-refractivity contribution in [2.45, 2.75) is 32.0 Å². The number of hydrogen-bond acceptors (Lipinski definition) is 3. The molecule has 2 aromatic carbocycles. The van der Waals surface area contributed by atoms with E-state index in [4.69, 9.17) is 4.74 Å². The first kappa shape index (κ1) is 14.0. The van der Waals surface area contributed by atoms with Gasteiger partial charge in [-0.2, -0.15) is 0 Å². The van der Waals surface area contributed by atoms with Crippen LogP contribution in [0.3, 0.4) is 0 Å². The van der Waals surface area contributed by atoms with Crippen LogP contribution in [0.2, 0.25) is 0 Å². The van der Waals surface area contributed by atoms with Crippen LogP contribution in [0.15, 0.2) is 42.5 Å². The Morgan fingerprint density at radius 2 is 1.86 bits per heavy atom. The highest BCUT2D eigenvalue weighted by atomic mass is 19.1. The van der Waals surface area contributed by atoms with Gasteiger partial charge < -0.3 is 15.2 Å². The van der Waals surface area contributed by atoms with Gasteiger partial charge in [0, 0.05) is 23.7 Å². The Labute approximate surface area is 123 Å². The Balaban J connectivity index is 1.82. The zero-order chi connectivity index (χ0) is 14.7. The summed E-state index contributed by atoms with van der Waals surface area (Å²) in [7, 11) is 0. The van der Waals surface area contributed by atoms with Gasteiger partial charge in [0.05, 0.1) is 6.61 Å². The fourth-order valence-corrected chi connectivity index (χ4v) is 2.18. The van der Waals surface area contributed by atoms with Crippen LogP contribution in [-0.4, -0.2) is 11.1 Å². The molecule has 110 valence electrons. The summed E-state index contributed by atoms with van der Waals surface area (Å²) in [6, 6.07) is 12.4. The van der Waals surface area contributed by atoms with E-state index in [2.05, 4.69) is 5.32 Å². The average Bonchev–Trinajstić information content (AvgIpc) is 3.32. The zero-order valence-corrected chi connectivity index (χ0v) is 11.7. The van der Waals surface area contributed by atoms with E-state index in [1.165, 1.54) is 25.0 Å². The van der Waals surface area contributed by atoms with Crippen LogP contribution in [0.4, 0.5) is 4.39 Å². The van der Waals surface area contributed by atoms with Crippen molar-refractivity contribution in [2.24, 2.45) is 0 Å². The first-order valence-electron chi connectivity index (χ1n) is 7.14. The smallest absolute Gasteiger partial charge is 0.132 e. The van der Waals surface area contributed by atoms with Crippen molar-refractivity contribution in [3.8, 4) is 11.5 Å². The van der Waals surface area contributed by atoms with Crippen LogP contribution in [0.5, 0.6) is 11.5 Å². The van der Waals surface area contributed by atoms with Gasteiger partial charge >= 0.3 is 0 Å². The molecule has 1 aliphatic rings. The molecule has 0 amide bonds. The van der Waals surface area contributed by atoms with Crippen LogP contribution < -0.4 is 10.1 Å². The van der Waals surface area contributed by atoms with Crippen molar-refractivity contribution in [3.05, 3.63) is 59.4 Å². The molecule has 3 nitrogen and oxygen atoms in total. The minimum absolute atomic E-state index is 0.0903. The van der Waals surface area contributed by atoms with Crippen LogP contribution in [0.25, 0.3) is 0 Å². The predicted octanol–water partition coefficient (Wildman–Crippen LogP) is 3.36. The molecule has 0 unspecified atom stereocenters. The fourth-order valence-electron chi connectivity index (χ4n) is 2.18. The molecule has 4 heteroatoms. The quantitative estimate of drug-likeness (QED) is 0.856. The number of halogens is 1. The lowest BCUT2D eigenvalue weighted by Crippen LogP contribution is -2.16. The molecule has 0 aromatic heterocycles. The molecule has 0 bridgehead atoms. The molecular formula is C17H18FNO2. The van der Waals surface area contributed by atoms with E-state index in [9.17, 15) is 9.50 Å². The van der Waals surface area contributed by atoms with Crippen LogP contribution in [0.1, 0.15) is 24.0 Å². The highest BCUT2D eigenvalue weighted by Gasteiger charge is 2.21. The lowest BCUT2D eigenvalue weighted by Gasteiger charge is -2.14. The zero-order valence-electron chi connectivity index (χ0n) is 11.7. The second-order valence-electron chi connectivity index (χ2n) is 5.28. The third-order valence-corrected chi connectivity index (χ3v) is 3.54. The predicted molar refractivity (Wildman–Crippen MR) is 78.7 cm³/mol. The minimum atomic E-state index is -0.273. The van der Waals surface area contributed by atoms with Crippen molar-refractivity contribution < 1.29 is 14.2 Å². The Morgan fingerprint density at radius 3 is 2.62 bits per heavy atom. The van der Waals surface area contributed by atoms with Crippen molar-refractivity contribution >= 4 is 0 Å². The summed E-state index contributed by atoms with van der Waals surface area (Å²) in [4.78, 5) is 0. The molecule has 2 aromatic rings. The van der Waals surface area contributed by atoms with Gasteiger partial charge in [0.25, 0.3) is 0 Å². The maximum Gasteiger partial charge on any atom is 0.132 e. The van der Waals surface area contributed by atoms with Gasteiger partial charge in [-0.25, -0.2) is 4.39 Å². The monoisotopic (exact) mass is 287 g/mol. The summed E-state index contributed by atoms with van der Waals surface area (Å²) in [6.45, 7) is 0.492. The molecule has 0 aliphatic heterocycles. The number of benzene rings is 2. The summed E-state index contributed by atoms with van der Waals surface area (Å²) < 4.78 is 19.3. The van der Waals surface area contributed by atoms with Gasteiger partial charge in [0.1, 0.15) is 17.3 Å². The van der Waals surface area contributed by atoms with E-state index in [1.807, 2.05) is 12.1 Å². The van der Waals surface area contributed by atoms with Crippen molar-refractivity contribution in [1.29, 1.82) is 0 Å². The van der Waals surface area contributed by atoms with E-state index >= 15 is 0 Å². The molecule has 0 heterocycles. The van der Waals surface area contributed by atoms with Gasteiger partial charge in [0.15, 0.2) is 0 Å². The van der Waals surface area contributed by atoms with Crippen molar-refractivity contribution in [3.63, 3.8) is 0 Å². The first-order chi connectivity index (χ1) is 10.3. The Kier molecular flexibility index (Phi) is 4.18. The Hall–Kier alpha value is -1.91. The Morgan fingerprint density at radius 1 is 1.10 bits per heavy atom. The van der Waals surface area contributed by atoms with E-state index < -0.39 is 0 Å². The van der Waals surface area contributed by atoms with E-state index in [0.717, 1.165) is 5.56 Å². The minimum Gasteiger partial charge on any atom is -0.457 e. The number of rotatable bonds is 6. The molecule has 2 N–H and O–H groups in total. The summed E-state index contributed by atoms with van der Waals surface area (Å²) in [5.41, 5.74) is 1.50. The van der Waals surface area contributed by atoms with Crippen LogP contribution >= 0.6 is 0 Å². The van der Waals surface area contributed by atoms with Gasteiger partial charge in [-0.3, -0.25) is 0 Å². The lowest BCUT2D eigenvalue weighted by atomic mass is 10.1. The molecule has 1 aliphatic carbocycles. The lowest BCUT2D eigenvalue weighted by molar-refractivity contribution is 0.276. The molecule has 3 rings (SSSR count). The highest BCUT2D eigenvalue weighted by Crippen LogP contribution is 2.29. The van der Waals surface area contributed by atoms with Gasteiger partial charge in [-0.1, -0.05) is 18.2 Å². The van der Waals surface area contributed by atoms with Crippen molar-refractivity contribution in [1.82, 2.24) is 5.32 Å². The summed E-state index contributed by atoms with van der Waals surface area (Å²) in [5.74, 6) is 0.940. The standard InChI is InChI=1S/C17H18FNO2/c18-14-5-8-17(13(9-14)10-19-15-6-7-15)21-16-4-2-1-3-12(16)11-20/h1-5,8-9,15,19-20H,6-7,10-11H2. The average molecular weight is 287 g/mol. The third-order valence-electron chi connectivity index (χ3n) is 3.54. The van der Waals surface area contributed by atoms with Gasteiger partial charge in [-0.05, 0) is 37.1 Å². The molecule has 0 atom stereocenters. The van der Waals surface area contributed by atoms with Crippen LogP contribution in [0, 0.1) is 5.82 Å². The number of nitrogens with one attached hydrogen (secondary N) is 1. The number of aliphatic hydroxyl groups is 1. The van der Waals surface area contributed by atoms with E-state index in [1.54, 1.807) is 18.2 Å². The van der Waals surface area contributed by atoms with E-state index in [-0.39, 0.29) is 12.4 Å². The third kappa shape index (κ3) is 3.60. The summed E-state index contributed by atoms with van der Waals surface area (Å²) >= 11 is 0. The fraction of sp³-hybridized carbons (Fsp3) is 0.294. The molecule has 21 heavy (non-hydrogen) atoms. The highest BCUT2D eigenvalue weighted by molar-refractivity contribution is 5.41. The van der Waals surface area contributed by atoms with Crippen LogP contribution in [-0.2, 0) is 13.2 Å². The number of hydrogen-bond donors (Lipinski definition) is 2. The second kappa shape index (κ2) is 6.24. The van der Waals surface area contributed by atoms with Gasteiger partial charge in [-0.15, -0.1) is 0 Å². The maximum absolute atomic E-state index is 13.4. The van der Waals surface area contributed by atoms with E-state index in [0.29, 0.717) is 29.6 Å². The molecule has 1 saturated carbocycles. The first-order valence-corrected chi connectivity index (χ1v) is 7.14. The Bertz CT molecular complexity index is 626. The SMILES string of the molecule is OCc1ccccc1Oc1ccc(F)cc1CNC1CC1. The number of para-hydroxylation sites is 1. The number of aliphatic hydroxyl groups excluding tert-OH is 1. The topological polar surface area (TPSA) is 41.5 Å². The molecule has 0 saturated heterocycles. The normalized spacial score (nSPS) is 14.2. The molecule has 0 radical (unpaired) electrons. The summed E-state index contributed by atoms with van der Waals surface area (Å²) in [6.07, 6.45) is 2.36. The van der Waals surface area contributed by atoms with Gasteiger partial charge in [0.2, 0.25) is 0 Å². The molecule has 0 spiro atoms. The number of ether oxygens (including phenoxy) is 1. The largest absolute Gasteiger partial charge is 0.457 e.